The van der Waals surface area contributed by atoms with E-state index in [0.29, 0.717) is 5.56 Å². The number of rotatable bonds is 6. The van der Waals surface area contributed by atoms with E-state index in [-0.39, 0.29) is 16.4 Å². The zero-order chi connectivity index (χ0) is 17.8. The molecule has 2 rings (SSSR count). The Kier molecular flexibility index (Phi) is 5.46. The van der Waals surface area contributed by atoms with E-state index in [1.807, 2.05) is 0 Å². The zero-order valence-electron chi connectivity index (χ0n) is 13.3. The average Bonchev–Trinajstić information content (AvgIpc) is 2.56. The van der Waals surface area contributed by atoms with Gasteiger partial charge in [-0.2, -0.15) is 0 Å². The minimum atomic E-state index is -4.26. The first-order valence-corrected chi connectivity index (χ1v) is 10.2. The van der Waals surface area contributed by atoms with Gasteiger partial charge in [0.05, 0.1) is 16.4 Å². The van der Waals surface area contributed by atoms with Crippen LogP contribution in [0.2, 0.25) is 0 Å². The Morgan fingerprint density at radius 1 is 0.917 bits per heavy atom. The van der Waals surface area contributed by atoms with Crippen LogP contribution < -0.4 is 0 Å². The molecule has 5 nitrogen and oxygen atoms in total. The summed E-state index contributed by atoms with van der Waals surface area (Å²) in [5, 5.41) is 0. The minimum Gasteiger partial charge on any atom is -0.499 e. The van der Waals surface area contributed by atoms with Crippen molar-refractivity contribution in [3.8, 4) is 0 Å². The van der Waals surface area contributed by atoms with Crippen LogP contribution in [0.1, 0.15) is 12.5 Å². The van der Waals surface area contributed by atoms with Crippen LogP contribution in [-0.4, -0.2) is 23.4 Å². The van der Waals surface area contributed by atoms with Crippen molar-refractivity contribution >= 4 is 19.7 Å². The van der Waals surface area contributed by atoms with E-state index >= 15 is 0 Å². The number of benzene rings is 2. The van der Waals surface area contributed by atoms with Gasteiger partial charge in [0.1, 0.15) is 6.26 Å². The van der Waals surface area contributed by atoms with Gasteiger partial charge in [0, 0.05) is 0 Å². The summed E-state index contributed by atoms with van der Waals surface area (Å²) < 4.78 is 55.9. The Hall–Kier alpha value is -2.12. The van der Waals surface area contributed by atoms with Crippen LogP contribution in [0.15, 0.2) is 74.9 Å². The van der Waals surface area contributed by atoms with E-state index in [1.54, 1.807) is 38.1 Å². The van der Waals surface area contributed by atoms with Crippen molar-refractivity contribution in [2.24, 2.45) is 0 Å². The van der Waals surface area contributed by atoms with Gasteiger partial charge >= 0.3 is 0 Å². The lowest BCUT2D eigenvalue weighted by Crippen LogP contribution is -2.16. The van der Waals surface area contributed by atoms with Gasteiger partial charge in [-0.1, -0.05) is 36.4 Å². The van der Waals surface area contributed by atoms with Crippen LogP contribution in [0.5, 0.6) is 0 Å². The molecule has 7 heteroatoms. The van der Waals surface area contributed by atoms with Crippen molar-refractivity contribution in [1.29, 1.82) is 0 Å². The number of sulfone groups is 2. The number of hydrogen-bond acceptors (Lipinski definition) is 5. The molecular weight excluding hydrogens is 348 g/mol. The molecule has 0 heterocycles. The van der Waals surface area contributed by atoms with Crippen molar-refractivity contribution in [3.05, 3.63) is 70.7 Å². The highest BCUT2D eigenvalue weighted by Gasteiger charge is 2.35. The summed E-state index contributed by atoms with van der Waals surface area (Å²) in [7, 11) is -8.51. The molecule has 0 saturated carbocycles. The largest absolute Gasteiger partial charge is 0.499 e. The maximum absolute atomic E-state index is 13.0. The molecule has 2 aromatic carbocycles. The van der Waals surface area contributed by atoms with Crippen molar-refractivity contribution in [1.82, 2.24) is 0 Å². The molecule has 0 bridgehead atoms. The molecule has 0 N–H and O–H groups in total. The van der Waals surface area contributed by atoms with Crippen LogP contribution in [0, 0.1) is 6.92 Å². The van der Waals surface area contributed by atoms with E-state index in [9.17, 15) is 16.8 Å². The Balaban J connectivity index is 2.69. The number of ether oxygens (including phenoxy) is 1. The number of aryl methyl sites for hydroxylation is 1. The minimum absolute atomic E-state index is 0.0598. The van der Waals surface area contributed by atoms with Crippen molar-refractivity contribution in [2.45, 2.75) is 23.6 Å². The van der Waals surface area contributed by atoms with E-state index in [2.05, 4.69) is 0 Å². The first kappa shape index (κ1) is 18.2. The quantitative estimate of drug-likeness (QED) is 0.734. The van der Waals surface area contributed by atoms with E-state index < -0.39 is 23.9 Å². The number of hydrogen-bond donors (Lipinski definition) is 0. The topological polar surface area (TPSA) is 77.5 Å². The first-order chi connectivity index (χ1) is 11.3. The molecule has 0 aliphatic rings. The lowest BCUT2D eigenvalue weighted by molar-refractivity contribution is 0.269. The monoisotopic (exact) mass is 366 g/mol. The zero-order valence-corrected chi connectivity index (χ0v) is 15.0. The molecule has 0 fully saturated rings. The fraction of sp³-hybridized carbons (Fsp3) is 0.176. The molecule has 0 aliphatic carbocycles. The van der Waals surface area contributed by atoms with Crippen molar-refractivity contribution < 1.29 is 21.6 Å². The van der Waals surface area contributed by atoms with Crippen LogP contribution in [0.3, 0.4) is 0 Å². The highest BCUT2D eigenvalue weighted by atomic mass is 32.3. The smallest absolute Gasteiger partial charge is 0.221 e. The third-order valence-corrected chi connectivity index (χ3v) is 7.81. The van der Waals surface area contributed by atoms with E-state index in [4.69, 9.17) is 4.74 Å². The van der Waals surface area contributed by atoms with E-state index in [1.165, 1.54) is 30.3 Å². The van der Waals surface area contributed by atoms with Crippen LogP contribution in [0.4, 0.5) is 0 Å². The molecule has 0 aromatic heterocycles. The summed E-state index contributed by atoms with van der Waals surface area (Å²) in [4.78, 5) is -0.163. The van der Waals surface area contributed by atoms with Gasteiger partial charge < -0.3 is 4.74 Å². The first-order valence-electron chi connectivity index (χ1n) is 7.24. The van der Waals surface area contributed by atoms with Gasteiger partial charge in [-0.15, -0.1) is 0 Å². The maximum Gasteiger partial charge on any atom is 0.221 e. The normalized spacial score (nSPS) is 12.8. The highest BCUT2D eigenvalue weighted by Crippen LogP contribution is 2.30. The average molecular weight is 366 g/mol. The fourth-order valence-electron chi connectivity index (χ4n) is 2.10. The maximum atomic E-state index is 13.0. The van der Waals surface area contributed by atoms with Crippen molar-refractivity contribution in [2.75, 3.05) is 6.61 Å². The summed E-state index contributed by atoms with van der Waals surface area (Å²) in [5.41, 5.74) is 0.461. The molecule has 0 unspecified atom stereocenters. The van der Waals surface area contributed by atoms with Gasteiger partial charge in [-0.25, -0.2) is 16.8 Å². The summed E-state index contributed by atoms with van der Waals surface area (Å²) in [6.07, 6.45) is 0.810. The molecular formula is C17H18O5S2. The lowest BCUT2D eigenvalue weighted by atomic mass is 10.2. The molecule has 0 aliphatic heterocycles. The summed E-state index contributed by atoms with van der Waals surface area (Å²) in [6, 6.07) is 13.6. The van der Waals surface area contributed by atoms with Gasteiger partial charge in [0.2, 0.25) is 23.9 Å². The van der Waals surface area contributed by atoms with Gasteiger partial charge in [0.15, 0.2) is 0 Å². The SMILES string of the molecule is CCO/C=C(\S(=O)(=O)c1ccccc1)S(=O)(=O)c1ccccc1C. The molecule has 0 atom stereocenters. The van der Waals surface area contributed by atoms with Crippen molar-refractivity contribution in [3.63, 3.8) is 0 Å². The van der Waals surface area contributed by atoms with E-state index in [0.717, 1.165) is 6.26 Å². The van der Waals surface area contributed by atoms with Gasteiger partial charge in [-0.3, -0.25) is 0 Å². The molecule has 0 spiro atoms. The molecule has 2 aromatic rings. The lowest BCUT2D eigenvalue weighted by Gasteiger charge is -2.12. The third-order valence-electron chi connectivity index (χ3n) is 3.31. The molecule has 0 saturated heterocycles. The predicted molar refractivity (Wildman–Crippen MR) is 91.7 cm³/mol. The molecule has 0 amide bonds. The van der Waals surface area contributed by atoms with Crippen LogP contribution >= 0.6 is 0 Å². The van der Waals surface area contributed by atoms with Gasteiger partial charge in [-0.05, 0) is 37.6 Å². The summed E-state index contributed by atoms with van der Waals surface area (Å²) in [6.45, 7) is 3.40. The Bertz CT molecular complexity index is 943. The molecule has 24 heavy (non-hydrogen) atoms. The Morgan fingerprint density at radius 3 is 2.08 bits per heavy atom. The second-order valence-electron chi connectivity index (χ2n) is 4.98. The summed E-state index contributed by atoms with van der Waals surface area (Å²) >= 11 is 0. The second-order valence-corrected chi connectivity index (χ2v) is 9.04. The molecule has 128 valence electrons. The van der Waals surface area contributed by atoms with Crippen LogP contribution in [0.25, 0.3) is 0 Å². The summed E-state index contributed by atoms with van der Waals surface area (Å²) in [5.74, 6) is 0. The fourth-order valence-corrected chi connectivity index (χ4v) is 5.92. The Labute approximate surface area is 142 Å². The van der Waals surface area contributed by atoms with Crippen LogP contribution in [-0.2, 0) is 24.4 Å². The standard InChI is InChI=1S/C17H18O5S2/c1-3-22-13-17(23(18,19)15-10-5-4-6-11-15)24(20,21)16-12-8-7-9-14(16)2/h4-13H,3H2,1-2H3/b17-13+. The Morgan fingerprint density at radius 2 is 1.50 bits per heavy atom. The second kappa shape index (κ2) is 7.19. The third kappa shape index (κ3) is 3.52. The van der Waals surface area contributed by atoms with Gasteiger partial charge in [0.25, 0.3) is 0 Å². The predicted octanol–water partition coefficient (Wildman–Crippen LogP) is 3.08. The highest BCUT2D eigenvalue weighted by molar-refractivity contribution is 8.14. The molecule has 0 radical (unpaired) electrons.